The van der Waals surface area contributed by atoms with Gasteiger partial charge in [-0.15, -0.1) is 6.42 Å². The van der Waals surface area contributed by atoms with Gasteiger partial charge in [0, 0.05) is 5.02 Å². The summed E-state index contributed by atoms with van der Waals surface area (Å²) in [6, 6.07) is 15.1. The quantitative estimate of drug-likeness (QED) is 0.302. The van der Waals surface area contributed by atoms with Crippen molar-refractivity contribution in [2.45, 2.75) is 0 Å². The molecule has 0 radical (unpaired) electrons. The third kappa shape index (κ3) is 4.27. The lowest BCUT2D eigenvalue weighted by atomic mass is 10.0. The predicted octanol–water partition coefficient (Wildman–Crippen LogP) is 5.02. The van der Waals surface area contributed by atoms with Gasteiger partial charge in [-0.05, 0) is 64.1 Å². The fourth-order valence-electron chi connectivity index (χ4n) is 1.82. The largest absolute Gasteiger partial charge is 0.480 e. The van der Waals surface area contributed by atoms with Crippen LogP contribution in [0.25, 0.3) is 11.6 Å². The Labute approximate surface area is 148 Å². The summed E-state index contributed by atoms with van der Waals surface area (Å²) in [7, 11) is 0. The van der Waals surface area contributed by atoms with Crippen LogP contribution in [0, 0.1) is 27.2 Å². The summed E-state index contributed by atoms with van der Waals surface area (Å²) in [5.74, 6) is 3.17. The minimum Gasteiger partial charge on any atom is -0.480 e. The molecule has 0 unspecified atom stereocenters. The molecule has 0 heterocycles. The summed E-state index contributed by atoms with van der Waals surface area (Å²) >= 11 is 8.05. The highest BCUT2D eigenvalue weighted by Crippen LogP contribution is 2.25. The zero-order valence-corrected chi connectivity index (χ0v) is 14.4. The van der Waals surface area contributed by atoms with E-state index >= 15 is 0 Å². The SMILES string of the molecule is C#CCOc1ccc(/C=C(\C#N)c2ccc(Cl)cc2)cc1I. The van der Waals surface area contributed by atoms with Crippen LogP contribution in [0.5, 0.6) is 5.75 Å². The molecule has 22 heavy (non-hydrogen) atoms. The van der Waals surface area contributed by atoms with Crippen LogP contribution in [0.1, 0.15) is 11.1 Å². The molecule has 2 aromatic carbocycles. The molecule has 2 aromatic rings. The number of benzene rings is 2. The monoisotopic (exact) mass is 419 g/mol. The van der Waals surface area contributed by atoms with Crippen molar-refractivity contribution in [2.75, 3.05) is 6.61 Å². The Bertz CT molecular complexity index is 782. The molecule has 0 N–H and O–H groups in total. The van der Waals surface area contributed by atoms with Crippen molar-refractivity contribution in [2.24, 2.45) is 0 Å². The minimum atomic E-state index is 0.236. The van der Waals surface area contributed by atoms with Gasteiger partial charge in [-0.1, -0.05) is 35.7 Å². The van der Waals surface area contributed by atoms with Crippen LogP contribution in [0.4, 0.5) is 0 Å². The van der Waals surface area contributed by atoms with Crippen LogP contribution in [-0.4, -0.2) is 6.61 Å². The zero-order chi connectivity index (χ0) is 15.9. The summed E-state index contributed by atoms with van der Waals surface area (Å²) in [6.07, 6.45) is 7.01. The Morgan fingerprint density at radius 1 is 1.27 bits per heavy atom. The van der Waals surface area contributed by atoms with Gasteiger partial charge >= 0.3 is 0 Å². The van der Waals surface area contributed by atoms with Gasteiger partial charge in [0.1, 0.15) is 12.4 Å². The molecule has 4 heteroatoms. The van der Waals surface area contributed by atoms with Gasteiger partial charge in [0.05, 0.1) is 15.2 Å². The number of hydrogen-bond donors (Lipinski definition) is 0. The van der Waals surface area contributed by atoms with E-state index in [-0.39, 0.29) is 6.61 Å². The smallest absolute Gasteiger partial charge is 0.148 e. The van der Waals surface area contributed by atoms with Crippen molar-refractivity contribution < 1.29 is 4.74 Å². The van der Waals surface area contributed by atoms with Gasteiger partial charge < -0.3 is 4.74 Å². The molecule has 0 aromatic heterocycles. The highest BCUT2D eigenvalue weighted by Gasteiger charge is 2.04. The van der Waals surface area contributed by atoms with Crippen LogP contribution in [0.2, 0.25) is 5.02 Å². The fourth-order valence-corrected chi connectivity index (χ4v) is 2.64. The molecule has 0 amide bonds. The number of nitriles is 1. The van der Waals surface area contributed by atoms with Crippen LogP contribution >= 0.6 is 34.2 Å². The number of nitrogens with zero attached hydrogens (tertiary/aromatic N) is 1. The second kappa shape index (κ2) is 7.89. The van der Waals surface area contributed by atoms with Gasteiger partial charge in [-0.25, -0.2) is 0 Å². The first-order valence-corrected chi connectivity index (χ1v) is 7.83. The number of ether oxygens (including phenoxy) is 1. The number of halogens is 2. The molecular weight excluding hydrogens is 409 g/mol. The van der Waals surface area contributed by atoms with Crippen LogP contribution < -0.4 is 4.74 Å². The first-order chi connectivity index (χ1) is 10.6. The zero-order valence-electron chi connectivity index (χ0n) is 11.5. The molecule has 0 aliphatic heterocycles. The Hall–Kier alpha value is -1.95. The van der Waals surface area contributed by atoms with E-state index < -0.39 is 0 Å². The third-order valence-corrected chi connectivity index (χ3v) is 3.95. The summed E-state index contributed by atoms with van der Waals surface area (Å²) in [4.78, 5) is 0. The molecule has 0 aliphatic rings. The summed E-state index contributed by atoms with van der Waals surface area (Å²) < 4.78 is 6.37. The number of rotatable bonds is 4. The molecule has 0 fully saturated rings. The summed E-state index contributed by atoms with van der Waals surface area (Å²) in [6.45, 7) is 0.236. The van der Waals surface area contributed by atoms with Crippen molar-refractivity contribution in [1.82, 2.24) is 0 Å². The van der Waals surface area contributed by atoms with Crippen molar-refractivity contribution in [3.05, 3.63) is 62.2 Å². The topological polar surface area (TPSA) is 33.0 Å². The van der Waals surface area contributed by atoms with Crippen LogP contribution in [0.15, 0.2) is 42.5 Å². The Kier molecular flexibility index (Phi) is 5.89. The maximum atomic E-state index is 9.35. The normalized spacial score (nSPS) is 10.6. The number of terminal acetylenes is 1. The lowest BCUT2D eigenvalue weighted by Gasteiger charge is -2.06. The second-order valence-corrected chi connectivity index (χ2v) is 5.96. The van der Waals surface area contributed by atoms with Crippen molar-refractivity contribution in [3.8, 4) is 24.2 Å². The first-order valence-electron chi connectivity index (χ1n) is 6.37. The van der Waals surface area contributed by atoms with Gasteiger partial charge in [0.2, 0.25) is 0 Å². The highest BCUT2D eigenvalue weighted by molar-refractivity contribution is 14.1. The van der Waals surface area contributed by atoms with Gasteiger partial charge in [0.15, 0.2) is 0 Å². The molecular formula is C18H11ClINO. The van der Waals surface area contributed by atoms with E-state index in [0.717, 1.165) is 20.4 Å². The van der Waals surface area contributed by atoms with Crippen LogP contribution in [0.3, 0.4) is 0 Å². The average Bonchev–Trinajstić information content (AvgIpc) is 2.53. The van der Waals surface area contributed by atoms with Crippen molar-refractivity contribution >= 4 is 45.8 Å². The standard InChI is InChI=1S/C18H11ClINO/c1-2-9-22-18-8-3-13(11-17(18)20)10-15(12-21)14-4-6-16(19)7-5-14/h1,3-8,10-11H,9H2/b15-10+. The third-order valence-electron chi connectivity index (χ3n) is 2.85. The van der Waals surface area contributed by atoms with E-state index in [4.69, 9.17) is 22.8 Å². The number of allylic oxidation sites excluding steroid dienone is 1. The Morgan fingerprint density at radius 2 is 2.00 bits per heavy atom. The van der Waals surface area contributed by atoms with Crippen molar-refractivity contribution in [1.29, 1.82) is 5.26 Å². The molecule has 0 spiro atoms. The number of hydrogen-bond acceptors (Lipinski definition) is 2. The Balaban J connectivity index is 2.31. The maximum Gasteiger partial charge on any atom is 0.148 e. The lowest BCUT2D eigenvalue weighted by molar-refractivity contribution is 0.368. The van der Waals surface area contributed by atoms with E-state index in [1.807, 2.05) is 36.4 Å². The molecule has 108 valence electrons. The lowest BCUT2D eigenvalue weighted by Crippen LogP contribution is -1.95. The maximum absolute atomic E-state index is 9.35. The highest BCUT2D eigenvalue weighted by atomic mass is 127. The summed E-state index contributed by atoms with van der Waals surface area (Å²) in [5, 5.41) is 9.99. The first kappa shape index (κ1) is 16.4. The van der Waals surface area contributed by atoms with E-state index in [0.29, 0.717) is 10.6 Å². The minimum absolute atomic E-state index is 0.236. The van der Waals surface area contributed by atoms with Gasteiger partial charge in [-0.2, -0.15) is 5.26 Å². The van der Waals surface area contributed by atoms with E-state index in [2.05, 4.69) is 34.6 Å². The van der Waals surface area contributed by atoms with Crippen molar-refractivity contribution in [3.63, 3.8) is 0 Å². The van der Waals surface area contributed by atoms with Gasteiger partial charge in [0.25, 0.3) is 0 Å². The second-order valence-electron chi connectivity index (χ2n) is 4.36. The molecule has 0 saturated heterocycles. The van der Waals surface area contributed by atoms with Gasteiger partial charge in [-0.3, -0.25) is 0 Å². The average molecular weight is 420 g/mol. The van der Waals surface area contributed by atoms with E-state index in [1.165, 1.54) is 0 Å². The Morgan fingerprint density at radius 3 is 2.59 bits per heavy atom. The molecule has 2 rings (SSSR count). The summed E-state index contributed by atoms with van der Waals surface area (Å²) in [5.41, 5.74) is 2.32. The van der Waals surface area contributed by atoms with E-state index in [1.54, 1.807) is 12.1 Å². The molecule has 0 atom stereocenters. The fraction of sp³-hybridized carbons (Fsp3) is 0.0556. The van der Waals surface area contributed by atoms with Crippen LogP contribution in [-0.2, 0) is 0 Å². The molecule has 0 saturated carbocycles. The molecule has 0 aliphatic carbocycles. The molecule has 0 bridgehead atoms. The molecule has 2 nitrogen and oxygen atoms in total. The predicted molar refractivity (Wildman–Crippen MR) is 98.4 cm³/mol. The van der Waals surface area contributed by atoms with E-state index in [9.17, 15) is 5.26 Å².